The molecule has 7 heterocycles. The summed E-state index contributed by atoms with van der Waals surface area (Å²) in [4.78, 5) is 0. The molecule has 0 bridgehead atoms. The zero-order valence-corrected chi connectivity index (χ0v) is 44.5. The summed E-state index contributed by atoms with van der Waals surface area (Å²) in [6.45, 7) is 0. The Bertz CT molecular complexity index is 6240. The largest absolute Gasteiger partial charge is 0.456 e. The van der Waals surface area contributed by atoms with Gasteiger partial charge in [-0.15, -0.1) is 11.3 Å². The SMILES string of the molecule is N#Cc1c(C#N)c(-n2c3ccccc3c3c4c(ccc32)oc2ccccc24)c(-n2c3ccccc3c3c4c(ccc32)oc2ccccc24)c(-c2cccc3c2sc2ccccc23)c1-n1c2ccccc2c2c3c(ccc21)oc1ccccc13. The first-order valence-electron chi connectivity index (χ1n) is 27.6. The average Bonchev–Trinajstić information content (AvgIpc) is 2.57. The number of thiophene rings is 1. The van der Waals surface area contributed by atoms with Crippen molar-refractivity contribution >= 4 is 163 Å². The molecule has 0 aliphatic carbocycles. The second-order valence-corrected chi connectivity index (χ2v) is 22.6. The van der Waals surface area contributed by atoms with Crippen LogP contribution in [0.2, 0.25) is 0 Å². The van der Waals surface area contributed by atoms with Crippen molar-refractivity contribution in [3.63, 3.8) is 0 Å². The third-order valence-electron chi connectivity index (χ3n) is 17.5. The molecule has 0 saturated carbocycles. The Morgan fingerprint density at radius 1 is 0.289 bits per heavy atom. The van der Waals surface area contributed by atoms with Crippen molar-refractivity contribution in [2.45, 2.75) is 0 Å². The minimum atomic E-state index is 0.228. The van der Waals surface area contributed by atoms with Gasteiger partial charge in [0, 0.05) is 95.9 Å². The first-order valence-corrected chi connectivity index (χ1v) is 28.4. The number of nitrogens with zero attached hydrogens (tertiary/aromatic N) is 5. The van der Waals surface area contributed by atoms with E-state index in [9.17, 15) is 10.5 Å². The maximum Gasteiger partial charge on any atom is 0.136 e. The summed E-state index contributed by atoms with van der Waals surface area (Å²) in [5, 5.41) is 39.3. The first-order chi connectivity index (χ1) is 41.1. The quantitative estimate of drug-likeness (QED) is 0.175. The van der Waals surface area contributed by atoms with Crippen LogP contribution in [0.15, 0.2) is 238 Å². The van der Waals surface area contributed by atoms with Crippen LogP contribution in [-0.4, -0.2) is 13.7 Å². The first kappa shape index (κ1) is 44.5. The molecular weight excluding hydrogens is 1040 g/mol. The van der Waals surface area contributed by atoms with E-state index in [2.05, 4.69) is 214 Å². The number of para-hydroxylation sites is 6. The minimum Gasteiger partial charge on any atom is -0.456 e. The van der Waals surface area contributed by atoms with Crippen LogP contribution in [0, 0.1) is 22.7 Å². The van der Waals surface area contributed by atoms with E-state index in [-0.39, 0.29) is 11.1 Å². The molecule has 0 saturated heterocycles. The van der Waals surface area contributed by atoms with Gasteiger partial charge in [0.1, 0.15) is 45.6 Å². The molecule has 12 aromatic carbocycles. The van der Waals surface area contributed by atoms with Crippen LogP contribution < -0.4 is 0 Å². The van der Waals surface area contributed by atoms with E-state index in [1.807, 2.05) is 36.4 Å². The van der Waals surface area contributed by atoms with Crippen LogP contribution in [-0.2, 0) is 0 Å². The van der Waals surface area contributed by atoms with Gasteiger partial charge >= 0.3 is 0 Å². The summed E-state index contributed by atoms with van der Waals surface area (Å²) in [7, 11) is 0. The molecule has 9 heteroatoms. The van der Waals surface area contributed by atoms with Gasteiger partial charge in [0.05, 0.1) is 61.3 Å². The highest BCUT2D eigenvalue weighted by atomic mass is 32.1. The van der Waals surface area contributed by atoms with E-state index in [0.717, 1.165) is 168 Å². The van der Waals surface area contributed by atoms with Gasteiger partial charge < -0.3 is 27.0 Å². The molecule has 0 spiro atoms. The number of furan rings is 3. The maximum atomic E-state index is 12.6. The van der Waals surface area contributed by atoms with E-state index in [0.29, 0.717) is 11.4 Å². The molecule has 0 N–H and O–H groups in total. The van der Waals surface area contributed by atoms with Gasteiger partial charge in [0.15, 0.2) is 0 Å². The van der Waals surface area contributed by atoms with Crippen LogP contribution in [0.1, 0.15) is 11.1 Å². The number of fused-ring (bicyclic) bond motifs is 24. The molecule has 0 aliphatic heterocycles. The normalized spacial score (nSPS) is 12.3. The van der Waals surface area contributed by atoms with Crippen molar-refractivity contribution in [3.05, 3.63) is 236 Å². The molecular formula is C74H37N5O3S. The molecule has 19 rings (SSSR count). The third kappa shape index (κ3) is 5.65. The molecule has 382 valence electrons. The van der Waals surface area contributed by atoms with Gasteiger partial charge in [-0.2, -0.15) is 10.5 Å². The number of hydrogen-bond donors (Lipinski definition) is 0. The van der Waals surface area contributed by atoms with Crippen molar-refractivity contribution in [1.29, 1.82) is 10.5 Å². The molecule has 7 aromatic heterocycles. The minimum absolute atomic E-state index is 0.228. The number of nitriles is 2. The van der Waals surface area contributed by atoms with Gasteiger partial charge in [-0.1, -0.05) is 146 Å². The van der Waals surface area contributed by atoms with E-state index in [1.165, 1.54) is 0 Å². The summed E-state index contributed by atoms with van der Waals surface area (Å²) in [5.41, 5.74) is 14.1. The van der Waals surface area contributed by atoms with Crippen LogP contribution in [0.3, 0.4) is 0 Å². The van der Waals surface area contributed by atoms with Crippen LogP contribution in [0.4, 0.5) is 0 Å². The Hall–Kier alpha value is -11.4. The summed E-state index contributed by atoms with van der Waals surface area (Å²) in [5.74, 6) is 0. The van der Waals surface area contributed by atoms with Gasteiger partial charge in [-0.25, -0.2) is 0 Å². The summed E-state index contributed by atoms with van der Waals surface area (Å²) < 4.78 is 29.1. The van der Waals surface area contributed by atoms with Crippen LogP contribution in [0.25, 0.3) is 180 Å². The van der Waals surface area contributed by atoms with Crippen molar-refractivity contribution in [1.82, 2.24) is 13.7 Å². The zero-order chi connectivity index (χ0) is 54.3. The smallest absolute Gasteiger partial charge is 0.136 e. The number of benzene rings is 12. The van der Waals surface area contributed by atoms with Crippen LogP contribution in [0.5, 0.6) is 0 Å². The van der Waals surface area contributed by atoms with Gasteiger partial charge in [-0.05, 0) is 78.9 Å². The highest BCUT2D eigenvalue weighted by molar-refractivity contribution is 7.26. The van der Waals surface area contributed by atoms with E-state index < -0.39 is 0 Å². The van der Waals surface area contributed by atoms with Gasteiger partial charge in [0.25, 0.3) is 0 Å². The predicted molar refractivity (Wildman–Crippen MR) is 339 cm³/mol. The number of hydrogen-bond acceptors (Lipinski definition) is 6. The molecule has 0 atom stereocenters. The van der Waals surface area contributed by atoms with Crippen molar-refractivity contribution < 1.29 is 13.3 Å². The van der Waals surface area contributed by atoms with Gasteiger partial charge in [-0.3, -0.25) is 0 Å². The molecule has 83 heavy (non-hydrogen) atoms. The second-order valence-electron chi connectivity index (χ2n) is 21.5. The average molecular weight is 1080 g/mol. The van der Waals surface area contributed by atoms with Gasteiger partial charge in [0.2, 0.25) is 0 Å². The van der Waals surface area contributed by atoms with E-state index in [1.54, 1.807) is 11.3 Å². The number of rotatable bonds is 4. The monoisotopic (exact) mass is 1080 g/mol. The predicted octanol–water partition coefficient (Wildman–Crippen LogP) is 20.5. The molecule has 19 aromatic rings. The Kier molecular flexibility index (Phi) is 8.66. The highest BCUT2D eigenvalue weighted by Crippen LogP contribution is 2.54. The molecule has 0 amide bonds. The summed E-state index contributed by atoms with van der Waals surface area (Å²) in [6.07, 6.45) is 0. The Morgan fingerprint density at radius 3 is 1.13 bits per heavy atom. The van der Waals surface area contributed by atoms with E-state index in [4.69, 9.17) is 13.3 Å². The lowest BCUT2D eigenvalue weighted by Gasteiger charge is -2.27. The Balaban J connectivity index is 1.12. The van der Waals surface area contributed by atoms with Crippen LogP contribution >= 0.6 is 11.3 Å². The fourth-order valence-electron chi connectivity index (χ4n) is 14.3. The van der Waals surface area contributed by atoms with Crippen molar-refractivity contribution in [2.75, 3.05) is 0 Å². The Labute approximate surface area is 473 Å². The lowest BCUT2D eigenvalue weighted by molar-refractivity contribution is 0.669. The third-order valence-corrected chi connectivity index (χ3v) is 18.7. The van der Waals surface area contributed by atoms with Crippen molar-refractivity contribution in [3.8, 4) is 40.3 Å². The lowest BCUT2D eigenvalue weighted by Crippen LogP contribution is -2.14. The molecule has 0 radical (unpaired) electrons. The summed E-state index contributed by atoms with van der Waals surface area (Å²) in [6, 6.07) is 83.5. The highest BCUT2D eigenvalue weighted by Gasteiger charge is 2.35. The number of aromatic nitrogens is 3. The zero-order valence-electron chi connectivity index (χ0n) is 43.7. The summed E-state index contributed by atoms with van der Waals surface area (Å²) >= 11 is 1.75. The maximum absolute atomic E-state index is 12.6. The van der Waals surface area contributed by atoms with E-state index >= 15 is 0 Å². The molecule has 0 aliphatic rings. The molecule has 0 unspecified atom stereocenters. The standard InChI is InChI=1S/C74H37N5O3S/c75-38-49-50(39-76)72(78-52-26-9-2-18-43(52)65-55(78)33-36-61-68(65)46-21-5-12-29-58(46)81-61)73(79-53-27-10-3-19-44(53)66-56(79)34-37-62-69(66)47-22-6-13-30-59(47)82-62)70(48-24-15-23-41-40-16-7-14-31-63(40)83-74(41)48)71(49)77-51-25-8-1-17-42(51)64-54(77)32-35-60-67(64)45-20-4-11-28-57(45)80-60/h1-37H. The van der Waals surface area contributed by atoms with Crippen molar-refractivity contribution in [2.24, 2.45) is 0 Å². The lowest BCUT2D eigenvalue weighted by atomic mass is 9.90. The molecule has 0 fully saturated rings. The fourth-order valence-corrected chi connectivity index (χ4v) is 15.6. The molecule has 8 nitrogen and oxygen atoms in total. The second kappa shape index (κ2) is 16.2. The topological polar surface area (TPSA) is 102 Å². The fraction of sp³-hybridized carbons (Fsp3) is 0. The Morgan fingerprint density at radius 2 is 0.663 bits per heavy atom.